The molecule has 0 saturated heterocycles. The summed E-state index contributed by atoms with van der Waals surface area (Å²) in [7, 11) is 2.05. The van der Waals surface area contributed by atoms with Gasteiger partial charge >= 0.3 is 0 Å². The van der Waals surface area contributed by atoms with Crippen molar-refractivity contribution in [1.82, 2.24) is 24.5 Å². The number of aryl methyl sites for hydroxylation is 1. The molecule has 5 aromatic rings. The van der Waals surface area contributed by atoms with E-state index in [4.69, 9.17) is 0 Å². The fourth-order valence-electron chi connectivity index (χ4n) is 3.39. The Morgan fingerprint density at radius 3 is 2.76 bits per heavy atom. The highest BCUT2D eigenvalue weighted by Crippen LogP contribution is 2.33. The zero-order valence-electron chi connectivity index (χ0n) is 14.0. The van der Waals surface area contributed by atoms with E-state index in [2.05, 4.69) is 55.0 Å². The fourth-order valence-corrected chi connectivity index (χ4v) is 3.39. The first-order chi connectivity index (χ1) is 12.2. The van der Waals surface area contributed by atoms with Crippen molar-refractivity contribution in [2.24, 2.45) is 7.05 Å². The summed E-state index contributed by atoms with van der Waals surface area (Å²) < 4.78 is 2.11. The number of hydrogen-bond acceptors (Lipinski definition) is 2. The molecule has 0 unspecified atom stereocenters. The SMILES string of the molecule is Cc1ncc(-c2ccc3[nH]cc(-c4cc5cnccc5[nH]4)c3c2)n1C. The van der Waals surface area contributed by atoms with Gasteiger partial charge in [-0.25, -0.2) is 4.98 Å². The maximum absolute atomic E-state index is 4.41. The first-order valence-corrected chi connectivity index (χ1v) is 8.23. The summed E-state index contributed by atoms with van der Waals surface area (Å²) in [5.74, 6) is 1.01. The first-order valence-electron chi connectivity index (χ1n) is 8.23. The number of fused-ring (bicyclic) bond motifs is 2. The Labute approximate surface area is 144 Å². The van der Waals surface area contributed by atoms with Gasteiger partial charge in [0.25, 0.3) is 0 Å². The van der Waals surface area contributed by atoms with Gasteiger partial charge in [-0.3, -0.25) is 4.98 Å². The van der Waals surface area contributed by atoms with Crippen molar-refractivity contribution < 1.29 is 0 Å². The van der Waals surface area contributed by atoms with Crippen molar-refractivity contribution in [2.45, 2.75) is 6.92 Å². The number of benzene rings is 1. The normalized spacial score (nSPS) is 11.6. The molecule has 0 bridgehead atoms. The van der Waals surface area contributed by atoms with Crippen LogP contribution in [0.2, 0.25) is 0 Å². The van der Waals surface area contributed by atoms with E-state index in [0.717, 1.165) is 44.8 Å². The van der Waals surface area contributed by atoms with E-state index in [1.807, 2.05) is 32.4 Å². The topological polar surface area (TPSA) is 62.3 Å². The Hall–Kier alpha value is -3.34. The molecule has 0 radical (unpaired) electrons. The van der Waals surface area contributed by atoms with Crippen molar-refractivity contribution in [1.29, 1.82) is 0 Å². The molecule has 4 heterocycles. The second-order valence-corrected chi connectivity index (χ2v) is 6.36. The first kappa shape index (κ1) is 14.0. The minimum atomic E-state index is 1.01. The van der Waals surface area contributed by atoms with Gasteiger partial charge in [-0.1, -0.05) is 6.07 Å². The van der Waals surface area contributed by atoms with Gasteiger partial charge < -0.3 is 14.5 Å². The molecule has 0 spiro atoms. The predicted molar refractivity (Wildman–Crippen MR) is 100 cm³/mol. The molecule has 0 aliphatic rings. The largest absolute Gasteiger partial charge is 0.360 e. The van der Waals surface area contributed by atoms with Crippen molar-refractivity contribution >= 4 is 21.8 Å². The number of nitrogens with one attached hydrogen (secondary N) is 2. The van der Waals surface area contributed by atoms with Crippen molar-refractivity contribution in [2.75, 3.05) is 0 Å². The molecule has 4 aromatic heterocycles. The van der Waals surface area contributed by atoms with E-state index in [0.29, 0.717) is 0 Å². The van der Waals surface area contributed by atoms with E-state index in [-0.39, 0.29) is 0 Å². The summed E-state index contributed by atoms with van der Waals surface area (Å²) >= 11 is 0. The number of H-pyrrole nitrogens is 2. The summed E-state index contributed by atoms with van der Waals surface area (Å²) in [5.41, 5.74) is 6.74. The fraction of sp³-hybridized carbons (Fsp3) is 0.100. The molecule has 0 aliphatic carbocycles. The van der Waals surface area contributed by atoms with Gasteiger partial charge in [-0.2, -0.15) is 0 Å². The van der Waals surface area contributed by atoms with Crippen molar-refractivity contribution in [3.05, 3.63) is 60.9 Å². The van der Waals surface area contributed by atoms with Crippen LogP contribution in [-0.2, 0) is 7.05 Å². The van der Waals surface area contributed by atoms with Crippen LogP contribution in [0.25, 0.3) is 44.3 Å². The molecule has 2 N–H and O–H groups in total. The molecule has 0 amide bonds. The highest BCUT2D eigenvalue weighted by atomic mass is 15.0. The van der Waals surface area contributed by atoms with Crippen molar-refractivity contribution in [3.63, 3.8) is 0 Å². The molecule has 25 heavy (non-hydrogen) atoms. The molecule has 5 heteroatoms. The van der Waals surface area contributed by atoms with Crippen LogP contribution in [-0.4, -0.2) is 24.5 Å². The summed E-state index contributed by atoms with van der Waals surface area (Å²) in [6.45, 7) is 2.02. The van der Waals surface area contributed by atoms with Gasteiger partial charge in [0.05, 0.1) is 11.9 Å². The second kappa shape index (κ2) is 5.08. The quantitative estimate of drug-likeness (QED) is 0.504. The van der Waals surface area contributed by atoms with Gasteiger partial charge in [0.1, 0.15) is 5.82 Å². The second-order valence-electron chi connectivity index (χ2n) is 6.36. The lowest BCUT2D eigenvalue weighted by molar-refractivity contribution is 0.865. The van der Waals surface area contributed by atoms with Gasteiger partial charge in [-0.15, -0.1) is 0 Å². The zero-order valence-corrected chi connectivity index (χ0v) is 14.0. The Kier molecular flexibility index (Phi) is 2.85. The Bertz CT molecular complexity index is 1190. The molecular weight excluding hydrogens is 310 g/mol. The van der Waals surface area contributed by atoms with E-state index >= 15 is 0 Å². The van der Waals surface area contributed by atoms with Crippen LogP contribution in [0.4, 0.5) is 0 Å². The number of nitrogens with zero attached hydrogens (tertiary/aromatic N) is 3. The van der Waals surface area contributed by atoms with Crippen molar-refractivity contribution in [3.8, 4) is 22.5 Å². The molecule has 0 fully saturated rings. The number of rotatable bonds is 2. The van der Waals surface area contributed by atoms with E-state index in [9.17, 15) is 0 Å². The van der Waals surface area contributed by atoms with Gasteiger partial charge in [0.15, 0.2) is 0 Å². The van der Waals surface area contributed by atoms with Crippen LogP contribution in [0.5, 0.6) is 0 Å². The average Bonchev–Trinajstić information content (AvgIpc) is 3.31. The highest BCUT2D eigenvalue weighted by molar-refractivity contribution is 5.99. The van der Waals surface area contributed by atoms with Gasteiger partial charge in [-0.05, 0) is 31.2 Å². The number of aromatic nitrogens is 5. The summed E-state index contributed by atoms with van der Waals surface area (Å²) in [4.78, 5) is 15.5. The third kappa shape index (κ3) is 2.09. The lowest BCUT2D eigenvalue weighted by Gasteiger charge is -2.05. The van der Waals surface area contributed by atoms with Crippen LogP contribution in [0.15, 0.2) is 55.1 Å². The number of pyridine rings is 1. The Balaban J connectivity index is 1.71. The number of hydrogen-bond donors (Lipinski definition) is 2. The average molecular weight is 327 g/mol. The maximum Gasteiger partial charge on any atom is 0.105 e. The minimum absolute atomic E-state index is 1.01. The van der Waals surface area contributed by atoms with Crippen LogP contribution >= 0.6 is 0 Å². The molecule has 5 rings (SSSR count). The molecule has 1 aromatic carbocycles. The summed E-state index contributed by atoms with van der Waals surface area (Å²) in [6.07, 6.45) is 7.67. The van der Waals surface area contributed by atoms with Crippen LogP contribution in [0.3, 0.4) is 0 Å². The lowest BCUT2D eigenvalue weighted by atomic mass is 10.1. The molecular formula is C20H17N5. The molecule has 5 nitrogen and oxygen atoms in total. The third-order valence-electron chi connectivity index (χ3n) is 4.91. The van der Waals surface area contributed by atoms with Gasteiger partial charge in [0.2, 0.25) is 0 Å². The smallest absolute Gasteiger partial charge is 0.105 e. The van der Waals surface area contributed by atoms with E-state index in [1.54, 1.807) is 6.20 Å². The minimum Gasteiger partial charge on any atom is -0.360 e. The lowest BCUT2D eigenvalue weighted by Crippen LogP contribution is -1.94. The molecule has 0 saturated carbocycles. The molecule has 0 atom stereocenters. The number of imidazole rings is 1. The van der Waals surface area contributed by atoms with Gasteiger partial charge in [0, 0.05) is 64.3 Å². The summed E-state index contributed by atoms with van der Waals surface area (Å²) in [5, 5.41) is 2.31. The number of aromatic amines is 2. The van der Waals surface area contributed by atoms with E-state index < -0.39 is 0 Å². The van der Waals surface area contributed by atoms with Crippen LogP contribution in [0, 0.1) is 6.92 Å². The standard InChI is InChI=1S/C20H17N5/c1-12-22-11-20(25(12)2)13-3-4-18-15(7-13)16(10-23-18)19-8-14-9-21-6-5-17(14)24-19/h3-11,23-24H,1-2H3. The predicted octanol–water partition coefficient (Wildman–Crippen LogP) is 4.42. The Morgan fingerprint density at radius 1 is 1.04 bits per heavy atom. The monoisotopic (exact) mass is 327 g/mol. The maximum atomic E-state index is 4.41. The third-order valence-corrected chi connectivity index (χ3v) is 4.91. The highest BCUT2D eigenvalue weighted by Gasteiger charge is 2.12. The Morgan fingerprint density at radius 2 is 1.96 bits per heavy atom. The summed E-state index contributed by atoms with van der Waals surface area (Å²) in [6, 6.07) is 10.6. The molecule has 122 valence electrons. The molecule has 0 aliphatic heterocycles. The van der Waals surface area contributed by atoms with E-state index in [1.165, 1.54) is 5.39 Å². The van der Waals surface area contributed by atoms with Crippen LogP contribution in [0.1, 0.15) is 5.82 Å². The van der Waals surface area contributed by atoms with Crippen LogP contribution < -0.4 is 0 Å². The zero-order chi connectivity index (χ0) is 17.0.